The zero-order valence-corrected chi connectivity index (χ0v) is 18.9. The number of ether oxygens (including phenoxy) is 1. The first-order valence-corrected chi connectivity index (χ1v) is 11.3. The van der Waals surface area contributed by atoms with Crippen LogP contribution in [-0.2, 0) is 9.59 Å². The molecular weight excluding hydrogens is 420 g/mol. The van der Waals surface area contributed by atoms with Gasteiger partial charge in [0.2, 0.25) is 11.8 Å². The zero-order chi connectivity index (χ0) is 22.8. The van der Waals surface area contributed by atoms with Crippen LogP contribution in [0, 0.1) is 0 Å². The topological polar surface area (TPSA) is 67.4 Å². The van der Waals surface area contributed by atoms with E-state index in [-0.39, 0.29) is 17.1 Å². The van der Waals surface area contributed by atoms with Gasteiger partial charge in [0.25, 0.3) is 0 Å². The minimum Gasteiger partial charge on any atom is -0.492 e. The van der Waals surface area contributed by atoms with Crippen molar-refractivity contribution in [2.24, 2.45) is 0 Å². The molecule has 164 valence electrons. The van der Waals surface area contributed by atoms with Crippen molar-refractivity contribution in [3.63, 3.8) is 0 Å². The second-order valence-electron chi connectivity index (χ2n) is 6.94. The molecule has 3 rings (SSSR count). The summed E-state index contributed by atoms with van der Waals surface area (Å²) in [6.45, 7) is 4.29. The third-order valence-corrected chi connectivity index (χ3v) is 5.59. The number of carbonyl (C=O) groups excluding carboxylic acids is 2. The first-order chi connectivity index (χ1) is 15.5. The lowest BCUT2D eigenvalue weighted by Gasteiger charge is -2.15. The molecule has 0 spiro atoms. The van der Waals surface area contributed by atoms with Gasteiger partial charge in [0.15, 0.2) is 0 Å². The minimum absolute atomic E-state index is 0.106. The van der Waals surface area contributed by atoms with E-state index in [1.807, 2.05) is 92.7 Å². The van der Waals surface area contributed by atoms with E-state index in [0.717, 1.165) is 10.5 Å². The fraction of sp³-hybridized carbons (Fsp3) is 0.154. The quantitative estimate of drug-likeness (QED) is 0.319. The molecule has 3 aromatic rings. The Morgan fingerprint density at radius 1 is 0.938 bits per heavy atom. The molecule has 1 unspecified atom stereocenters. The molecule has 0 radical (unpaired) electrons. The van der Waals surface area contributed by atoms with E-state index in [4.69, 9.17) is 4.74 Å². The molecule has 0 aliphatic heterocycles. The Balaban J connectivity index is 1.53. The minimum atomic E-state index is -0.307. The summed E-state index contributed by atoms with van der Waals surface area (Å²) in [5.74, 6) is 0.350. The number of amides is 2. The second-order valence-corrected chi connectivity index (χ2v) is 8.35. The number of thioether (sulfide) groups is 1. The highest BCUT2D eigenvalue weighted by Crippen LogP contribution is 2.28. The Labute approximate surface area is 192 Å². The van der Waals surface area contributed by atoms with Crippen LogP contribution in [0.25, 0.3) is 6.08 Å². The fourth-order valence-corrected chi connectivity index (χ4v) is 3.75. The van der Waals surface area contributed by atoms with Crippen LogP contribution in [-0.4, -0.2) is 23.7 Å². The molecule has 6 heteroatoms. The fourth-order valence-electron chi connectivity index (χ4n) is 2.88. The Hall–Kier alpha value is -3.51. The first kappa shape index (κ1) is 23.2. The molecule has 2 amide bonds. The molecule has 0 aromatic heterocycles. The number of hydrogen-bond acceptors (Lipinski definition) is 4. The van der Waals surface area contributed by atoms with Crippen molar-refractivity contribution in [2.45, 2.75) is 24.0 Å². The van der Waals surface area contributed by atoms with Gasteiger partial charge in [0.1, 0.15) is 5.75 Å². The van der Waals surface area contributed by atoms with E-state index >= 15 is 0 Å². The molecule has 0 bridgehead atoms. The van der Waals surface area contributed by atoms with Crippen LogP contribution in [0.15, 0.2) is 89.8 Å². The van der Waals surface area contributed by atoms with Gasteiger partial charge in [0.05, 0.1) is 17.5 Å². The SMILES string of the molecule is CCOc1ccccc1NC(=O)C(C)Sc1ccc(NC(=O)/C=C/c2ccccc2)cc1. The summed E-state index contributed by atoms with van der Waals surface area (Å²) >= 11 is 1.45. The van der Waals surface area contributed by atoms with Gasteiger partial charge >= 0.3 is 0 Å². The predicted octanol–water partition coefficient (Wildman–Crippen LogP) is 5.86. The van der Waals surface area contributed by atoms with Crippen molar-refractivity contribution in [2.75, 3.05) is 17.2 Å². The van der Waals surface area contributed by atoms with Gasteiger partial charge in [-0.05, 0) is 61.9 Å². The van der Waals surface area contributed by atoms with Gasteiger partial charge in [0, 0.05) is 16.7 Å². The summed E-state index contributed by atoms with van der Waals surface area (Å²) in [7, 11) is 0. The smallest absolute Gasteiger partial charge is 0.248 e. The van der Waals surface area contributed by atoms with Crippen LogP contribution in [0.3, 0.4) is 0 Å². The van der Waals surface area contributed by atoms with Crippen LogP contribution in [0.4, 0.5) is 11.4 Å². The highest BCUT2D eigenvalue weighted by Gasteiger charge is 2.16. The Kier molecular flexibility index (Phi) is 8.52. The van der Waals surface area contributed by atoms with Crippen molar-refractivity contribution in [3.05, 3.63) is 90.5 Å². The highest BCUT2D eigenvalue weighted by atomic mass is 32.2. The molecule has 5 nitrogen and oxygen atoms in total. The van der Waals surface area contributed by atoms with Crippen LogP contribution in [0.2, 0.25) is 0 Å². The first-order valence-electron chi connectivity index (χ1n) is 10.4. The number of anilines is 2. The molecule has 0 fully saturated rings. The van der Waals surface area contributed by atoms with Crippen molar-refractivity contribution in [1.82, 2.24) is 0 Å². The summed E-state index contributed by atoms with van der Waals surface area (Å²) in [6.07, 6.45) is 3.27. The number of hydrogen-bond donors (Lipinski definition) is 2. The molecule has 0 aliphatic rings. The van der Waals surface area contributed by atoms with Crippen molar-refractivity contribution >= 4 is 41.0 Å². The van der Waals surface area contributed by atoms with Gasteiger partial charge < -0.3 is 15.4 Å². The summed E-state index contributed by atoms with van der Waals surface area (Å²) in [5, 5.41) is 5.46. The zero-order valence-electron chi connectivity index (χ0n) is 18.1. The monoisotopic (exact) mass is 446 g/mol. The Bertz CT molecular complexity index is 1070. The standard InChI is InChI=1S/C26H26N2O3S/c1-3-31-24-12-8-7-11-23(24)28-26(30)19(2)32-22-16-14-21(15-17-22)27-25(29)18-13-20-9-5-4-6-10-20/h4-19H,3H2,1-2H3,(H,27,29)(H,28,30)/b18-13+. The molecule has 3 aromatic carbocycles. The van der Waals surface area contributed by atoms with E-state index in [0.29, 0.717) is 23.7 Å². The van der Waals surface area contributed by atoms with Crippen LogP contribution < -0.4 is 15.4 Å². The number of rotatable bonds is 9. The lowest BCUT2D eigenvalue weighted by molar-refractivity contribution is -0.115. The molecule has 0 aliphatic carbocycles. The summed E-state index contributed by atoms with van der Waals surface area (Å²) in [4.78, 5) is 25.7. The molecule has 1 atom stereocenters. The third-order valence-electron chi connectivity index (χ3n) is 4.48. The summed E-state index contributed by atoms with van der Waals surface area (Å²) in [6, 6.07) is 24.5. The van der Waals surface area contributed by atoms with Crippen molar-refractivity contribution < 1.29 is 14.3 Å². The van der Waals surface area contributed by atoms with E-state index in [2.05, 4.69) is 10.6 Å². The van der Waals surface area contributed by atoms with Gasteiger partial charge in [-0.15, -0.1) is 11.8 Å². The molecule has 0 saturated heterocycles. The molecule has 2 N–H and O–H groups in total. The van der Waals surface area contributed by atoms with E-state index in [1.54, 1.807) is 6.08 Å². The molecule has 32 heavy (non-hydrogen) atoms. The Morgan fingerprint density at radius 3 is 2.34 bits per heavy atom. The lowest BCUT2D eigenvalue weighted by Crippen LogP contribution is -2.22. The maximum absolute atomic E-state index is 12.6. The van der Waals surface area contributed by atoms with Gasteiger partial charge in [-0.25, -0.2) is 0 Å². The van der Waals surface area contributed by atoms with E-state index in [9.17, 15) is 9.59 Å². The third kappa shape index (κ3) is 7.03. The largest absolute Gasteiger partial charge is 0.492 e. The number of benzene rings is 3. The van der Waals surface area contributed by atoms with Crippen LogP contribution in [0.1, 0.15) is 19.4 Å². The number of nitrogens with one attached hydrogen (secondary N) is 2. The summed E-state index contributed by atoms with van der Waals surface area (Å²) in [5.41, 5.74) is 2.32. The van der Waals surface area contributed by atoms with Gasteiger partial charge in [-0.1, -0.05) is 42.5 Å². The maximum atomic E-state index is 12.6. The van der Waals surface area contributed by atoms with Crippen LogP contribution >= 0.6 is 11.8 Å². The molecule has 0 saturated carbocycles. The van der Waals surface area contributed by atoms with Crippen molar-refractivity contribution in [3.8, 4) is 5.75 Å². The average molecular weight is 447 g/mol. The van der Waals surface area contributed by atoms with Crippen LogP contribution in [0.5, 0.6) is 5.75 Å². The second kappa shape index (κ2) is 11.8. The maximum Gasteiger partial charge on any atom is 0.248 e. The Morgan fingerprint density at radius 2 is 1.62 bits per heavy atom. The van der Waals surface area contributed by atoms with E-state index in [1.165, 1.54) is 17.8 Å². The normalized spacial score (nSPS) is 11.7. The molecular formula is C26H26N2O3S. The van der Waals surface area contributed by atoms with E-state index < -0.39 is 0 Å². The summed E-state index contributed by atoms with van der Waals surface area (Å²) < 4.78 is 5.56. The van der Waals surface area contributed by atoms with Gasteiger partial charge in [-0.3, -0.25) is 9.59 Å². The average Bonchev–Trinajstić information content (AvgIpc) is 2.81. The lowest BCUT2D eigenvalue weighted by atomic mass is 10.2. The predicted molar refractivity (Wildman–Crippen MR) is 132 cm³/mol. The van der Waals surface area contributed by atoms with Crippen molar-refractivity contribution in [1.29, 1.82) is 0 Å². The highest BCUT2D eigenvalue weighted by molar-refractivity contribution is 8.00. The molecule has 0 heterocycles. The number of para-hydroxylation sites is 2. The van der Waals surface area contributed by atoms with Gasteiger partial charge in [-0.2, -0.15) is 0 Å². The number of carbonyl (C=O) groups is 2.